The molecule has 0 N–H and O–H groups in total. The zero-order valence-electron chi connectivity index (χ0n) is 10.9. The highest BCUT2D eigenvalue weighted by Gasteiger charge is 2.16. The summed E-state index contributed by atoms with van der Waals surface area (Å²) in [6, 6.07) is 8.18. The van der Waals surface area contributed by atoms with Crippen molar-refractivity contribution in [3.05, 3.63) is 36.0 Å². The maximum absolute atomic E-state index is 5.96. The van der Waals surface area contributed by atoms with Crippen molar-refractivity contribution in [2.75, 3.05) is 6.61 Å². The van der Waals surface area contributed by atoms with E-state index in [0.717, 1.165) is 28.8 Å². The average molecular weight is 276 g/mol. The van der Waals surface area contributed by atoms with E-state index in [2.05, 4.69) is 17.1 Å². The summed E-state index contributed by atoms with van der Waals surface area (Å²) in [4.78, 5) is 4.43. The molecule has 0 radical (unpaired) electrons. The Balaban J connectivity index is 1.86. The summed E-state index contributed by atoms with van der Waals surface area (Å²) < 4.78 is 5.95. The Labute approximate surface area is 118 Å². The molecule has 0 amide bonds. The number of pyridine rings is 1. The van der Waals surface area contributed by atoms with Gasteiger partial charge in [-0.2, -0.15) is 0 Å². The molecule has 0 saturated heterocycles. The van der Waals surface area contributed by atoms with E-state index in [1.165, 1.54) is 25.7 Å². The third kappa shape index (κ3) is 2.69. The summed E-state index contributed by atoms with van der Waals surface area (Å²) in [5.41, 5.74) is 1.06. The lowest BCUT2D eigenvalue weighted by Gasteiger charge is -2.13. The van der Waals surface area contributed by atoms with Gasteiger partial charge in [0.1, 0.15) is 0 Å². The minimum atomic E-state index is 0.483. The van der Waals surface area contributed by atoms with E-state index >= 15 is 0 Å². The van der Waals surface area contributed by atoms with Gasteiger partial charge in [0, 0.05) is 17.5 Å². The zero-order valence-corrected chi connectivity index (χ0v) is 11.7. The second kappa shape index (κ2) is 5.79. The number of nitrogens with zero attached hydrogens (tertiary/aromatic N) is 1. The molecule has 100 valence electrons. The number of alkyl halides is 1. The molecule has 1 aliphatic rings. The van der Waals surface area contributed by atoms with E-state index in [9.17, 15) is 0 Å². The van der Waals surface area contributed by atoms with Crippen LogP contribution < -0.4 is 4.74 Å². The normalized spacial score (nSPS) is 16.1. The number of hydrogen-bond donors (Lipinski definition) is 0. The van der Waals surface area contributed by atoms with E-state index < -0.39 is 0 Å². The van der Waals surface area contributed by atoms with Crippen molar-refractivity contribution in [1.29, 1.82) is 0 Å². The summed E-state index contributed by atoms with van der Waals surface area (Å²) in [6.45, 7) is 0.789. The standard InChI is InChI=1S/C16H18ClNO/c17-9-13-10-18-16(15-8-4-3-7-14(13)15)19-11-12-5-1-2-6-12/h3-4,7-8,10,12H,1-2,5-6,9,11H2. The van der Waals surface area contributed by atoms with Crippen LogP contribution in [0.3, 0.4) is 0 Å². The van der Waals surface area contributed by atoms with E-state index in [1.54, 1.807) is 0 Å². The van der Waals surface area contributed by atoms with Gasteiger partial charge in [-0.3, -0.25) is 0 Å². The van der Waals surface area contributed by atoms with Crippen molar-refractivity contribution in [3.63, 3.8) is 0 Å². The molecule has 0 atom stereocenters. The van der Waals surface area contributed by atoms with Gasteiger partial charge in [-0.1, -0.05) is 31.0 Å². The van der Waals surface area contributed by atoms with Crippen molar-refractivity contribution in [2.45, 2.75) is 31.6 Å². The van der Waals surface area contributed by atoms with Gasteiger partial charge < -0.3 is 4.74 Å². The van der Waals surface area contributed by atoms with E-state index in [1.807, 2.05) is 18.3 Å². The van der Waals surface area contributed by atoms with Crippen LogP contribution >= 0.6 is 11.6 Å². The Morgan fingerprint density at radius 2 is 1.89 bits per heavy atom. The highest BCUT2D eigenvalue weighted by atomic mass is 35.5. The van der Waals surface area contributed by atoms with Crippen LogP contribution in [0.1, 0.15) is 31.2 Å². The molecule has 1 fully saturated rings. The Morgan fingerprint density at radius 3 is 2.63 bits per heavy atom. The van der Waals surface area contributed by atoms with Crippen LogP contribution in [-0.4, -0.2) is 11.6 Å². The first kappa shape index (κ1) is 12.7. The van der Waals surface area contributed by atoms with E-state index in [0.29, 0.717) is 11.8 Å². The third-order valence-corrected chi connectivity index (χ3v) is 4.20. The number of aromatic nitrogens is 1. The topological polar surface area (TPSA) is 22.1 Å². The second-order valence-corrected chi connectivity index (χ2v) is 5.50. The van der Waals surface area contributed by atoms with Crippen LogP contribution in [0, 0.1) is 5.92 Å². The molecule has 3 rings (SSSR count). The molecular formula is C16H18ClNO. The lowest BCUT2D eigenvalue weighted by molar-refractivity contribution is 0.246. The fourth-order valence-electron chi connectivity index (χ4n) is 2.82. The predicted molar refractivity (Wildman–Crippen MR) is 78.8 cm³/mol. The van der Waals surface area contributed by atoms with Gasteiger partial charge in [0.05, 0.1) is 6.61 Å². The monoisotopic (exact) mass is 275 g/mol. The number of ether oxygens (including phenoxy) is 1. The Kier molecular flexibility index (Phi) is 3.88. The van der Waals surface area contributed by atoms with Gasteiger partial charge in [0.15, 0.2) is 0 Å². The highest BCUT2D eigenvalue weighted by Crippen LogP contribution is 2.29. The first-order chi connectivity index (χ1) is 9.38. The molecule has 0 bridgehead atoms. The maximum Gasteiger partial charge on any atom is 0.221 e. The van der Waals surface area contributed by atoms with Crippen LogP contribution in [0.2, 0.25) is 0 Å². The zero-order chi connectivity index (χ0) is 13.1. The van der Waals surface area contributed by atoms with Crippen LogP contribution in [0.4, 0.5) is 0 Å². The van der Waals surface area contributed by atoms with Crippen LogP contribution in [0.25, 0.3) is 10.8 Å². The lowest BCUT2D eigenvalue weighted by atomic mass is 10.1. The van der Waals surface area contributed by atoms with Gasteiger partial charge in [0.25, 0.3) is 0 Å². The minimum Gasteiger partial charge on any atom is -0.477 e. The first-order valence-electron chi connectivity index (χ1n) is 6.94. The van der Waals surface area contributed by atoms with Crippen molar-refractivity contribution < 1.29 is 4.74 Å². The smallest absolute Gasteiger partial charge is 0.221 e. The summed E-state index contributed by atoms with van der Waals surface area (Å²) >= 11 is 5.96. The average Bonchev–Trinajstić information content (AvgIpc) is 2.98. The molecule has 0 spiro atoms. The van der Waals surface area contributed by atoms with Crippen molar-refractivity contribution in [1.82, 2.24) is 4.98 Å². The highest BCUT2D eigenvalue weighted by molar-refractivity contribution is 6.18. The summed E-state index contributed by atoms with van der Waals surface area (Å²) in [6.07, 6.45) is 7.09. The molecule has 1 saturated carbocycles. The molecule has 3 heteroatoms. The molecule has 1 heterocycles. The first-order valence-corrected chi connectivity index (χ1v) is 7.47. The quantitative estimate of drug-likeness (QED) is 0.764. The third-order valence-electron chi connectivity index (χ3n) is 3.92. The van der Waals surface area contributed by atoms with Gasteiger partial charge >= 0.3 is 0 Å². The van der Waals surface area contributed by atoms with Crippen molar-refractivity contribution in [2.24, 2.45) is 5.92 Å². The molecule has 2 nitrogen and oxygen atoms in total. The lowest BCUT2D eigenvalue weighted by Crippen LogP contribution is -2.09. The number of rotatable bonds is 4. The molecule has 0 aliphatic heterocycles. The molecule has 19 heavy (non-hydrogen) atoms. The molecule has 1 aromatic carbocycles. The number of benzene rings is 1. The fourth-order valence-corrected chi connectivity index (χ4v) is 3.03. The molecule has 1 aliphatic carbocycles. The molecule has 2 aromatic rings. The Hall–Kier alpha value is -1.28. The molecule has 0 unspecified atom stereocenters. The number of halogens is 1. The van der Waals surface area contributed by atoms with Gasteiger partial charge in [-0.15, -0.1) is 11.6 Å². The van der Waals surface area contributed by atoms with Crippen LogP contribution in [0.15, 0.2) is 30.5 Å². The van der Waals surface area contributed by atoms with Crippen molar-refractivity contribution in [3.8, 4) is 5.88 Å². The summed E-state index contributed by atoms with van der Waals surface area (Å²) in [7, 11) is 0. The second-order valence-electron chi connectivity index (χ2n) is 5.23. The molecular weight excluding hydrogens is 258 g/mol. The van der Waals surface area contributed by atoms with Crippen LogP contribution in [-0.2, 0) is 5.88 Å². The van der Waals surface area contributed by atoms with Gasteiger partial charge in [-0.25, -0.2) is 4.98 Å². The minimum absolute atomic E-state index is 0.483. The van der Waals surface area contributed by atoms with Crippen LogP contribution in [0.5, 0.6) is 5.88 Å². The van der Waals surface area contributed by atoms with E-state index in [-0.39, 0.29) is 0 Å². The number of fused-ring (bicyclic) bond motifs is 1. The maximum atomic E-state index is 5.96. The SMILES string of the molecule is ClCc1cnc(OCC2CCCC2)c2ccccc12. The van der Waals surface area contributed by atoms with Gasteiger partial charge in [-0.05, 0) is 35.8 Å². The Bertz CT molecular complexity index is 564. The Morgan fingerprint density at radius 1 is 1.16 bits per heavy atom. The van der Waals surface area contributed by atoms with Gasteiger partial charge in [0.2, 0.25) is 5.88 Å². The summed E-state index contributed by atoms with van der Waals surface area (Å²) in [5, 5.41) is 2.22. The molecule has 1 aromatic heterocycles. The van der Waals surface area contributed by atoms with E-state index in [4.69, 9.17) is 16.3 Å². The van der Waals surface area contributed by atoms with Crippen molar-refractivity contribution >= 4 is 22.4 Å². The predicted octanol–water partition coefficient (Wildman–Crippen LogP) is 4.54. The fraction of sp³-hybridized carbons (Fsp3) is 0.438. The summed E-state index contributed by atoms with van der Waals surface area (Å²) in [5.74, 6) is 1.93. The number of hydrogen-bond acceptors (Lipinski definition) is 2. The largest absolute Gasteiger partial charge is 0.477 e.